The highest BCUT2D eigenvalue weighted by molar-refractivity contribution is 5.85. The lowest BCUT2D eigenvalue weighted by Crippen LogP contribution is -2.43. The lowest BCUT2D eigenvalue weighted by atomic mass is 10.2. The Balaban J connectivity index is 2.48. The Labute approximate surface area is 120 Å². The van der Waals surface area contributed by atoms with Gasteiger partial charge in [0, 0.05) is 26.6 Å². The van der Waals surface area contributed by atoms with Crippen molar-refractivity contribution in [1.29, 1.82) is 0 Å². The molecule has 1 atom stereocenters. The molecular weight excluding hydrogens is 260 g/mol. The van der Waals surface area contributed by atoms with Crippen molar-refractivity contribution < 1.29 is 19.1 Å². The van der Waals surface area contributed by atoms with Crippen LogP contribution in [0.4, 0.5) is 0 Å². The molecule has 2 amide bonds. The van der Waals surface area contributed by atoms with Crippen LogP contribution < -0.4 is 0 Å². The third-order valence-corrected chi connectivity index (χ3v) is 3.57. The van der Waals surface area contributed by atoms with Gasteiger partial charge in [-0.15, -0.1) is 0 Å². The first-order valence-corrected chi connectivity index (χ1v) is 7.05. The van der Waals surface area contributed by atoms with Gasteiger partial charge in [-0.1, -0.05) is 13.3 Å². The summed E-state index contributed by atoms with van der Waals surface area (Å²) in [5, 5.41) is 0. The monoisotopic (exact) mass is 284 g/mol. The minimum absolute atomic E-state index is 0.0465. The molecule has 1 rings (SSSR count). The van der Waals surface area contributed by atoms with Gasteiger partial charge in [-0.3, -0.25) is 14.4 Å². The second-order valence-corrected chi connectivity index (χ2v) is 5.32. The minimum atomic E-state index is -0.367. The highest BCUT2D eigenvalue weighted by Gasteiger charge is 2.23. The zero-order valence-electron chi connectivity index (χ0n) is 12.6. The first-order chi connectivity index (χ1) is 9.45. The van der Waals surface area contributed by atoms with Crippen LogP contribution >= 0.6 is 0 Å². The molecule has 0 bridgehead atoms. The van der Waals surface area contributed by atoms with E-state index in [0.29, 0.717) is 19.5 Å². The number of ether oxygens (including phenoxy) is 1. The van der Waals surface area contributed by atoms with Crippen molar-refractivity contribution in [2.24, 2.45) is 5.92 Å². The van der Waals surface area contributed by atoms with E-state index in [9.17, 15) is 14.4 Å². The van der Waals surface area contributed by atoms with Crippen molar-refractivity contribution in [2.75, 3.05) is 33.8 Å². The summed E-state index contributed by atoms with van der Waals surface area (Å²) in [5.74, 6) is -0.800. The van der Waals surface area contributed by atoms with Gasteiger partial charge in [0.25, 0.3) is 0 Å². The molecular formula is C14H24N2O4. The van der Waals surface area contributed by atoms with Crippen LogP contribution in [0.1, 0.15) is 32.6 Å². The molecule has 0 aliphatic carbocycles. The predicted octanol–water partition coefficient (Wildman–Crippen LogP) is 0.656. The van der Waals surface area contributed by atoms with Gasteiger partial charge in [-0.2, -0.15) is 0 Å². The molecule has 0 N–H and O–H groups in total. The number of likely N-dealkylation sites (N-methyl/N-ethyl adjacent to an activating group) is 1. The fraction of sp³-hybridized carbons (Fsp3) is 0.786. The van der Waals surface area contributed by atoms with Gasteiger partial charge >= 0.3 is 5.97 Å². The zero-order chi connectivity index (χ0) is 15.1. The molecule has 1 aliphatic rings. The second-order valence-electron chi connectivity index (χ2n) is 5.32. The standard InChI is InChI=1S/C14H24N2O4/c1-11(14(19)20-3)9-15(2)13(18)10-16-8-6-4-5-7-12(16)17/h11H,4-10H2,1-3H3. The Morgan fingerprint density at radius 2 is 2.05 bits per heavy atom. The third-order valence-electron chi connectivity index (χ3n) is 3.57. The number of nitrogens with zero attached hydrogens (tertiary/aromatic N) is 2. The Morgan fingerprint density at radius 3 is 2.70 bits per heavy atom. The number of amides is 2. The first kappa shape index (κ1) is 16.5. The summed E-state index contributed by atoms with van der Waals surface area (Å²) in [5.41, 5.74) is 0. The molecule has 114 valence electrons. The van der Waals surface area contributed by atoms with E-state index in [4.69, 9.17) is 0 Å². The number of esters is 1. The summed E-state index contributed by atoms with van der Waals surface area (Å²) in [6.07, 6.45) is 3.40. The highest BCUT2D eigenvalue weighted by atomic mass is 16.5. The normalized spacial score (nSPS) is 17.4. The predicted molar refractivity (Wildman–Crippen MR) is 73.9 cm³/mol. The second kappa shape index (κ2) is 7.87. The molecule has 1 unspecified atom stereocenters. The molecule has 1 fully saturated rings. The molecule has 0 spiro atoms. The number of methoxy groups -OCH3 is 1. The smallest absolute Gasteiger partial charge is 0.310 e. The Hall–Kier alpha value is -1.59. The van der Waals surface area contributed by atoms with E-state index < -0.39 is 0 Å². The van der Waals surface area contributed by atoms with Gasteiger partial charge in [-0.25, -0.2) is 0 Å². The molecule has 6 heteroatoms. The van der Waals surface area contributed by atoms with Crippen LogP contribution in [0.5, 0.6) is 0 Å². The summed E-state index contributed by atoms with van der Waals surface area (Å²) in [6.45, 7) is 2.76. The van der Waals surface area contributed by atoms with Crippen LogP contribution in [0.2, 0.25) is 0 Å². The van der Waals surface area contributed by atoms with E-state index in [1.165, 1.54) is 12.0 Å². The SMILES string of the molecule is COC(=O)C(C)CN(C)C(=O)CN1CCCCCC1=O. The maximum Gasteiger partial charge on any atom is 0.310 e. The van der Waals surface area contributed by atoms with Crippen LogP contribution in [0.25, 0.3) is 0 Å². The summed E-state index contributed by atoms with van der Waals surface area (Å²) < 4.78 is 4.63. The number of carbonyl (C=O) groups excluding carboxylic acids is 3. The third kappa shape index (κ3) is 4.83. The average molecular weight is 284 g/mol. The summed E-state index contributed by atoms with van der Waals surface area (Å²) in [4.78, 5) is 38.4. The molecule has 0 aromatic rings. The van der Waals surface area contributed by atoms with Crippen molar-refractivity contribution >= 4 is 17.8 Å². The average Bonchev–Trinajstić information content (AvgIpc) is 2.62. The maximum absolute atomic E-state index is 12.1. The van der Waals surface area contributed by atoms with E-state index in [1.54, 1.807) is 18.9 Å². The topological polar surface area (TPSA) is 66.9 Å². The zero-order valence-corrected chi connectivity index (χ0v) is 12.6. The van der Waals surface area contributed by atoms with E-state index in [0.717, 1.165) is 19.3 Å². The van der Waals surface area contributed by atoms with E-state index in [-0.39, 0.29) is 30.2 Å². The number of carbonyl (C=O) groups is 3. The van der Waals surface area contributed by atoms with Crippen LogP contribution in [-0.2, 0) is 19.1 Å². The first-order valence-electron chi connectivity index (χ1n) is 7.05. The number of likely N-dealkylation sites (tertiary alicyclic amines) is 1. The molecule has 20 heavy (non-hydrogen) atoms. The number of hydrogen-bond donors (Lipinski definition) is 0. The Morgan fingerprint density at radius 1 is 1.35 bits per heavy atom. The van der Waals surface area contributed by atoms with Crippen molar-refractivity contribution in [3.05, 3.63) is 0 Å². The number of rotatable bonds is 5. The molecule has 0 saturated carbocycles. The lowest BCUT2D eigenvalue weighted by molar-refractivity contribution is -0.147. The summed E-state index contributed by atoms with van der Waals surface area (Å²) in [7, 11) is 2.97. The van der Waals surface area contributed by atoms with Crippen LogP contribution in [-0.4, -0.2) is 61.4 Å². The van der Waals surface area contributed by atoms with Crippen molar-refractivity contribution in [3.63, 3.8) is 0 Å². The minimum Gasteiger partial charge on any atom is -0.469 e. The summed E-state index contributed by atoms with van der Waals surface area (Å²) >= 11 is 0. The van der Waals surface area contributed by atoms with Crippen LogP contribution in [0.3, 0.4) is 0 Å². The molecule has 0 aromatic carbocycles. The molecule has 1 aliphatic heterocycles. The largest absolute Gasteiger partial charge is 0.469 e. The quantitative estimate of drug-likeness (QED) is 0.695. The van der Waals surface area contributed by atoms with Gasteiger partial charge in [0.2, 0.25) is 11.8 Å². The van der Waals surface area contributed by atoms with E-state index >= 15 is 0 Å². The van der Waals surface area contributed by atoms with Crippen LogP contribution in [0.15, 0.2) is 0 Å². The lowest BCUT2D eigenvalue weighted by Gasteiger charge is -2.25. The van der Waals surface area contributed by atoms with E-state index in [2.05, 4.69) is 4.74 Å². The molecule has 0 radical (unpaired) electrons. The number of hydrogen-bond acceptors (Lipinski definition) is 4. The van der Waals surface area contributed by atoms with Gasteiger partial charge in [0.1, 0.15) is 0 Å². The molecule has 1 saturated heterocycles. The van der Waals surface area contributed by atoms with E-state index in [1.807, 2.05) is 0 Å². The van der Waals surface area contributed by atoms with Gasteiger partial charge in [0.05, 0.1) is 19.6 Å². The maximum atomic E-state index is 12.1. The van der Waals surface area contributed by atoms with Crippen LogP contribution in [0, 0.1) is 5.92 Å². The van der Waals surface area contributed by atoms with Gasteiger partial charge in [0.15, 0.2) is 0 Å². The van der Waals surface area contributed by atoms with Crippen molar-refractivity contribution in [2.45, 2.75) is 32.6 Å². The highest BCUT2D eigenvalue weighted by Crippen LogP contribution is 2.11. The van der Waals surface area contributed by atoms with Crippen molar-refractivity contribution in [3.8, 4) is 0 Å². The Kier molecular flexibility index (Phi) is 6.48. The molecule has 0 aromatic heterocycles. The molecule has 6 nitrogen and oxygen atoms in total. The van der Waals surface area contributed by atoms with Gasteiger partial charge in [-0.05, 0) is 12.8 Å². The fourth-order valence-electron chi connectivity index (χ4n) is 2.28. The summed E-state index contributed by atoms with van der Waals surface area (Å²) in [6, 6.07) is 0. The molecule has 1 heterocycles. The van der Waals surface area contributed by atoms with Gasteiger partial charge < -0.3 is 14.5 Å². The van der Waals surface area contributed by atoms with Crippen molar-refractivity contribution in [1.82, 2.24) is 9.80 Å². The fourth-order valence-corrected chi connectivity index (χ4v) is 2.28. The Bertz CT molecular complexity index is 370.